The summed E-state index contributed by atoms with van der Waals surface area (Å²) in [6.45, 7) is 8.66. The van der Waals surface area contributed by atoms with E-state index in [0.717, 1.165) is 6.42 Å². The van der Waals surface area contributed by atoms with Crippen molar-refractivity contribution < 1.29 is 19.4 Å². The van der Waals surface area contributed by atoms with Crippen molar-refractivity contribution >= 4 is 5.97 Å². The highest BCUT2D eigenvalue weighted by Gasteiger charge is 2.45. The molecule has 6 atom stereocenters. The van der Waals surface area contributed by atoms with Crippen molar-refractivity contribution in [3.8, 4) is 0 Å². The van der Waals surface area contributed by atoms with Gasteiger partial charge < -0.3 is 14.6 Å². The van der Waals surface area contributed by atoms with Gasteiger partial charge in [0.25, 0.3) is 0 Å². The van der Waals surface area contributed by atoms with Crippen LogP contribution in [0.3, 0.4) is 0 Å². The Bertz CT molecular complexity index is 341. The largest absolute Gasteiger partial charge is 0.433 e. The molecule has 0 radical (unpaired) electrons. The fourth-order valence-electron chi connectivity index (χ4n) is 3.58. The summed E-state index contributed by atoms with van der Waals surface area (Å²) < 4.78 is 11.4. The SMILES string of the molecule is CC[C@H]1[C@H](OC2C[C@H](C)CC[C@H]2C(C)C)OC(=O)[C@H]1O. The van der Waals surface area contributed by atoms with Gasteiger partial charge in [0.2, 0.25) is 6.29 Å². The zero-order chi connectivity index (χ0) is 14.9. The molecule has 0 aromatic carbocycles. The van der Waals surface area contributed by atoms with Gasteiger partial charge in [-0.05, 0) is 37.0 Å². The van der Waals surface area contributed by atoms with Gasteiger partial charge in [0.1, 0.15) is 0 Å². The van der Waals surface area contributed by atoms with Gasteiger partial charge in [0.15, 0.2) is 6.10 Å². The van der Waals surface area contributed by atoms with Crippen LogP contribution in [0.15, 0.2) is 0 Å². The second kappa shape index (κ2) is 6.44. The summed E-state index contributed by atoms with van der Waals surface area (Å²) in [5, 5.41) is 9.83. The summed E-state index contributed by atoms with van der Waals surface area (Å²) in [6, 6.07) is 0. The van der Waals surface area contributed by atoms with Gasteiger partial charge >= 0.3 is 5.97 Å². The van der Waals surface area contributed by atoms with Crippen molar-refractivity contribution in [1.82, 2.24) is 0 Å². The first-order valence-electron chi connectivity index (χ1n) is 7.98. The summed E-state index contributed by atoms with van der Waals surface area (Å²) in [4.78, 5) is 11.5. The summed E-state index contributed by atoms with van der Waals surface area (Å²) in [5.74, 6) is 0.964. The van der Waals surface area contributed by atoms with E-state index in [1.54, 1.807) is 0 Å². The third-order valence-electron chi connectivity index (χ3n) is 4.97. The lowest BCUT2D eigenvalue weighted by Gasteiger charge is -2.38. The van der Waals surface area contributed by atoms with E-state index in [-0.39, 0.29) is 12.0 Å². The number of hydrogen-bond donors (Lipinski definition) is 1. The average molecular weight is 284 g/mol. The van der Waals surface area contributed by atoms with Gasteiger partial charge in [-0.1, -0.05) is 34.1 Å². The zero-order valence-electron chi connectivity index (χ0n) is 13.0. The minimum Gasteiger partial charge on any atom is -0.433 e. The van der Waals surface area contributed by atoms with E-state index in [4.69, 9.17) is 9.47 Å². The summed E-state index contributed by atoms with van der Waals surface area (Å²) in [5.41, 5.74) is 0. The zero-order valence-corrected chi connectivity index (χ0v) is 13.0. The molecule has 4 nitrogen and oxygen atoms in total. The van der Waals surface area contributed by atoms with Crippen LogP contribution in [0.4, 0.5) is 0 Å². The fourth-order valence-corrected chi connectivity index (χ4v) is 3.58. The molecular weight excluding hydrogens is 256 g/mol. The van der Waals surface area contributed by atoms with Crippen LogP contribution in [0.5, 0.6) is 0 Å². The molecule has 0 amide bonds. The van der Waals surface area contributed by atoms with Crippen LogP contribution in [0, 0.1) is 23.7 Å². The second-order valence-electron chi connectivity index (χ2n) is 6.82. The monoisotopic (exact) mass is 284 g/mol. The standard InChI is InChI=1S/C16H28O4/c1-5-11-14(17)15(18)20-16(11)19-13-8-10(4)6-7-12(13)9(2)3/h9-14,16-17H,5-8H2,1-4H3/t10-,11-,12+,13?,14+,16-/m1/s1. The van der Waals surface area contributed by atoms with Crippen molar-refractivity contribution in [3.63, 3.8) is 0 Å². The van der Waals surface area contributed by atoms with Gasteiger partial charge in [-0.2, -0.15) is 0 Å². The Morgan fingerprint density at radius 3 is 2.70 bits per heavy atom. The predicted octanol–water partition coefficient (Wildman–Crippen LogP) is 2.73. The van der Waals surface area contributed by atoms with Crippen LogP contribution in [0.2, 0.25) is 0 Å². The van der Waals surface area contributed by atoms with Crippen LogP contribution in [-0.4, -0.2) is 29.6 Å². The topological polar surface area (TPSA) is 55.8 Å². The van der Waals surface area contributed by atoms with Crippen molar-refractivity contribution in [1.29, 1.82) is 0 Å². The Labute approximate surface area is 121 Å². The van der Waals surface area contributed by atoms with Gasteiger partial charge in [-0.15, -0.1) is 0 Å². The predicted molar refractivity (Wildman–Crippen MR) is 75.9 cm³/mol. The molecule has 1 aliphatic heterocycles. The quantitative estimate of drug-likeness (QED) is 0.807. The van der Waals surface area contributed by atoms with Crippen molar-refractivity contribution in [3.05, 3.63) is 0 Å². The molecule has 1 unspecified atom stereocenters. The Balaban J connectivity index is 2.04. The number of cyclic esters (lactones) is 1. The number of esters is 1. The second-order valence-corrected chi connectivity index (χ2v) is 6.82. The maximum absolute atomic E-state index is 11.5. The molecule has 4 heteroatoms. The molecule has 2 aliphatic rings. The van der Waals surface area contributed by atoms with Crippen molar-refractivity contribution in [2.75, 3.05) is 0 Å². The minimum absolute atomic E-state index is 0.135. The first-order chi connectivity index (χ1) is 9.43. The van der Waals surface area contributed by atoms with Crippen molar-refractivity contribution in [2.24, 2.45) is 23.7 Å². The molecule has 0 bridgehead atoms. The highest BCUT2D eigenvalue weighted by molar-refractivity contribution is 5.76. The molecule has 0 aromatic rings. The smallest absolute Gasteiger partial charge is 0.337 e. The van der Waals surface area contributed by atoms with Crippen LogP contribution in [0.1, 0.15) is 53.4 Å². The first kappa shape index (κ1) is 15.8. The van der Waals surface area contributed by atoms with Gasteiger partial charge in [-0.25, -0.2) is 4.79 Å². The van der Waals surface area contributed by atoms with E-state index >= 15 is 0 Å². The van der Waals surface area contributed by atoms with Gasteiger partial charge in [0.05, 0.1) is 12.0 Å². The number of carbonyl (C=O) groups excluding carboxylic acids is 1. The van der Waals surface area contributed by atoms with E-state index < -0.39 is 18.4 Å². The minimum atomic E-state index is -1.02. The number of aliphatic hydroxyl groups is 1. The molecule has 1 N–H and O–H groups in total. The third-order valence-corrected chi connectivity index (χ3v) is 4.97. The van der Waals surface area contributed by atoms with E-state index in [1.165, 1.54) is 12.8 Å². The van der Waals surface area contributed by atoms with Crippen LogP contribution >= 0.6 is 0 Å². The number of hydrogen-bond acceptors (Lipinski definition) is 4. The molecular formula is C16H28O4. The number of rotatable bonds is 4. The lowest BCUT2D eigenvalue weighted by Crippen LogP contribution is -2.39. The Hall–Kier alpha value is -0.610. The van der Waals surface area contributed by atoms with Crippen LogP contribution < -0.4 is 0 Å². The molecule has 0 spiro atoms. The molecule has 1 saturated carbocycles. The van der Waals surface area contributed by atoms with Crippen molar-refractivity contribution in [2.45, 2.75) is 71.9 Å². The fraction of sp³-hybridized carbons (Fsp3) is 0.938. The number of aliphatic hydroxyl groups excluding tert-OH is 1. The molecule has 20 heavy (non-hydrogen) atoms. The highest BCUT2D eigenvalue weighted by Crippen LogP contribution is 2.38. The maximum atomic E-state index is 11.5. The lowest BCUT2D eigenvalue weighted by molar-refractivity contribution is -0.196. The van der Waals surface area contributed by atoms with Crippen LogP contribution in [0.25, 0.3) is 0 Å². The first-order valence-corrected chi connectivity index (χ1v) is 7.98. The summed E-state index contributed by atoms with van der Waals surface area (Å²) in [6.07, 6.45) is 2.66. The normalized spacial score (nSPS) is 42.0. The molecule has 1 heterocycles. The Morgan fingerprint density at radius 2 is 2.10 bits per heavy atom. The highest BCUT2D eigenvalue weighted by atomic mass is 16.7. The third kappa shape index (κ3) is 3.17. The average Bonchev–Trinajstić information content (AvgIpc) is 2.64. The summed E-state index contributed by atoms with van der Waals surface area (Å²) >= 11 is 0. The Morgan fingerprint density at radius 1 is 1.40 bits per heavy atom. The van der Waals surface area contributed by atoms with Gasteiger partial charge in [0, 0.05) is 0 Å². The molecule has 2 rings (SSSR count). The maximum Gasteiger partial charge on any atom is 0.337 e. The van der Waals surface area contributed by atoms with Gasteiger partial charge in [-0.3, -0.25) is 0 Å². The molecule has 0 aromatic heterocycles. The van der Waals surface area contributed by atoms with E-state index in [1.807, 2.05) is 6.92 Å². The Kier molecular flexibility index (Phi) is 5.08. The molecule has 1 aliphatic carbocycles. The lowest BCUT2D eigenvalue weighted by atomic mass is 9.75. The summed E-state index contributed by atoms with van der Waals surface area (Å²) in [7, 11) is 0. The molecule has 1 saturated heterocycles. The van der Waals surface area contributed by atoms with E-state index in [2.05, 4.69) is 20.8 Å². The van der Waals surface area contributed by atoms with Crippen LogP contribution in [-0.2, 0) is 14.3 Å². The number of carbonyl (C=O) groups is 1. The number of ether oxygens (including phenoxy) is 2. The van der Waals surface area contributed by atoms with E-state index in [9.17, 15) is 9.90 Å². The molecule has 2 fully saturated rings. The van der Waals surface area contributed by atoms with E-state index in [0.29, 0.717) is 24.2 Å². The molecule has 116 valence electrons.